The van der Waals surface area contributed by atoms with Gasteiger partial charge in [-0.25, -0.2) is 4.98 Å². The number of halogens is 1. The summed E-state index contributed by atoms with van der Waals surface area (Å²) >= 11 is 6.27. The van der Waals surface area contributed by atoms with Gasteiger partial charge in [0.1, 0.15) is 5.52 Å². The van der Waals surface area contributed by atoms with Crippen LogP contribution in [0.5, 0.6) is 5.75 Å². The van der Waals surface area contributed by atoms with Crippen LogP contribution in [0.25, 0.3) is 33.8 Å². The lowest BCUT2D eigenvalue weighted by atomic mass is 9.77. The Balaban J connectivity index is 1.47. The summed E-state index contributed by atoms with van der Waals surface area (Å²) in [5.41, 5.74) is 9.14. The van der Waals surface area contributed by atoms with Gasteiger partial charge < -0.3 is 9.25 Å². The van der Waals surface area contributed by atoms with E-state index in [2.05, 4.69) is 46.6 Å². The van der Waals surface area contributed by atoms with Crippen LogP contribution in [-0.2, 0) is 10.2 Å². The fourth-order valence-electron chi connectivity index (χ4n) is 4.13. The minimum atomic E-state index is -0.297. The Morgan fingerprint density at radius 2 is 1.86 bits per heavy atom. The van der Waals surface area contributed by atoms with E-state index in [1.165, 1.54) is 6.92 Å². The van der Waals surface area contributed by atoms with Crippen LogP contribution in [-0.4, -0.2) is 21.1 Å². The molecule has 0 aliphatic heterocycles. The number of nitrogens with one attached hydrogen (secondary N) is 2. The molecule has 0 saturated carbocycles. The number of aryl methyl sites for hydroxylation is 1. The molecule has 8 heteroatoms. The number of rotatable bonds is 6. The number of carbonyl (C=O) groups is 1. The highest BCUT2D eigenvalue weighted by molar-refractivity contribution is 6.32. The molecule has 0 aliphatic rings. The molecule has 2 heterocycles. The molecule has 5 rings (SSSR count). The van der Waals surface area contributed by atoms with Gasteiger partial charge >= 0.3 is 0 Å². The maximum atomic E-state index is 11.1. The summed E-state index contributed by atoms with van der Waals surface area (Å²) in [6.45, 7) is 7.66. The molecule has 7 nitrogen and oxygen atoms in total. The van der Waals surface area contributed by atoms with Gasteiger partial charge in [0.05, 0.1) is 17.5 Å². The molecule has 0 spiro atoms. The molecule has 36 heavy (non-hydrogen) atoms. The lowest BCUT2D eigenvalue weighted by molar-refractivity contribution is -0.125. The number of hydrogen-bond donors (Lipinski definition) is 2. The van der Waals surface area contributed by atoms with Crippen molar-refractivity contribution in [3.8, 4) is 28.5 Å². The summed E-state index contributed by atoms with van der Waals surface area (Å²) in [4.78, 5) is 21.0. The van der Waals surface area contributed by atoms with Crippen LogP contribution in [0.3, 0.4) is 0 Å². The summed E-state index contributed by atoms with van der Waals surface area (Å²) in [6.07, 6.45) is 1.72. The molecule has 2 N–H and O–H groups in total. The van der Waals surface area contributed by atoms with Crippen molar-refractivity contribution in [2.24, 2.45) is 0 Å². The van der Waals surface area contributed by atoms with Gasteiger partial charge in [-0.3, -0.25) is 9.89 Å². The standard InChI is InChI=1S/C28H25ClN4O3/c1-16-12-25-24(14-23(16)29)31-27(35-25)22-15-30-32-26(22)18-6-5-7-20(13-18)28(3,4)19-8-10-21(11-9-19)36-33-17(2)34/h5-15H,1-4H3,(H,30,32)(H,33,34). The highest BCUT2D eigenvalue weighted by Gasteiger charge is 2.25. The average Bonchev–Trinajstić information content (AvgIpc) is 3.50. The van der Waals surface area contributed by atoms with Crippen LogP contribution >= 0.6 is 11.6 Å². The van der Waals surface area contributed by atoms with Gasteiger partial charge in [0.25, 0.3) is 0 Å². The first-order chi connectivity index (χ1) is 17.2. The maximum absolute atomic E-state index is 11.1. The van der Waals surface area contributed by atoms with E-state index in [1.807, 2.05) is 55.5 Å². The van der Waals surface area contributed by atoms with Gasteiger partial charge in [0.2, 0.25) is 11.8 Å². The number of benzene rings is 3. The molecule has 0 fully saturated rings. The van der Waals surface area contributed by atoms with Gasteiger partial charge in [-0.05, 0) is 53.9 Å². The van der Waals surface area contributed by atoms with E-state index in [0.29, 0.717) is 27.8 Å². The van der Waals surface area contributed by atoms with Gasteiger partial charge in [-0.1, -0.05) is 55.8 Å². The number of fused-ring (bicyclic) bond motifs is 1. The third kappa shape index (κ3) is 4.45. The smallest absolute Gasteiger partial charge is 0.249 e. The van der Waals surface area contributed by atoms with Crippen LogP contribution in [0, 0.1) is 6.92 Å². The second-order valence-corrected chi connectivity index (χ2v) is 9.64. The molecule has 1 amide bonds. The normalized spacial score (nSPS) is 11.6. The number of hydrogen-bond acceptors (Lipinski definition) is 5. The molecule has 0 unspecified atom stereocenters. The molecule has 0 radical (unpaired) electrons. The second kappa shape index (κ2) is 9.17. The Morgan fingerprint density at radius 3 is 2.61 bits per heavy atom. The average molecular weight is 501 g/mol. The third-order valence-electron chi connectivity index (χ3n) is 6.30. The molecule has 0 atom stereocenters. The van der Waals surface area contributed by atoms with Crippen LogP contribution in [0.1, 0.15) is 37.5 Å². The number of amides is 1. The zero-order valence-corrected chi connectivity index (χ0v) is 21.1. The molecule has 5 aromatic rings. The van der Waals surface area contributed by atoms with Gasteiger partial charge in [-0.15, -0.1) is 0 Å². The summed E-state index contributed by atoms with van der Waals surface area (Å²) in [5.74, 6) is 0.788. The van der Waals surface area contributed by atoms with E-state index in [4.69, 9.17) is 20.9 Å². The largest absolute Gasteiger partial charge is 0.436 e. The fraction of sp³-hybridized carbons (Fsp3) is 0.179. The Kier molecular flexibility index (Phi) is 6.02. The van der Waals surface area contributed by atoms with Crippen molar-refractivity contribution >= 4 is 28.6 Å². The molecule has 182 valence electrons. The maximum Gasteiger partial charge on any atom is 0.249 e. The van der Waals surface area contributed by atoms with E-state index in [1.54, 1.807) is 6.20 Å². The number of aromatic amines is 1. The predicted octanol–water partition coefficient (Wildman–Crippen LogP) is 6.60. The first kappa shape index (κ1) is 23.6. The van der Waals surface area contributed by atoms with Crippen LogP contribution < -0.4 is 10.3 Å². The number of carbonyl (C=O) groups excluding carboxylic acids is 1. The molecule has 0 aliphatic carbocycles. The van der Waals surface area contributed by atoms with Crippen LogP contribution in [0.2, 0.25) is 5.02 Å². The Bertz CT molecular complexity index is 1530. The molecule has 0 saturated heterocycles. The number of H-pyrrole nitrogens is 1. The van der Waals surface area contributed by atoms with Crippen LogP contribution in [0.4, 0.5) is 0 Å². The van der Waals surface area contributed by atoms with E-state index < -0.39 is 0 Å². The van der Waals surface area contributed by atoms with E-state index in [0.717, 1.165) is 33.5 Å². The van der Waals surface area contributed by atoms with Gasteiger partial charge in [0, 0.05) is 22.9 Å². The van der Waals surface area contributed by atoms with Crippen molar-refractivity contribution in [1.29, 1.82) is 0 Å². The molecule has 3 aromatic carbocycles. The van der Waals surface area contributed by atoms with Gasteiger partial charge in [0.15, 0.2) is 11.3 Å². The summed E-state index contributed by atoms with van der Waals surface area (Å²) < 4.78 is 6.06. The first-order valence-corrected chi connectivity index (χ1v) is 11.9. The van der Waals surface area contributed by atoms with Crippen molar-refractivity contribution in [2.75, 3.05) is 0 Å². The summed E-state index contributed by atoms with van der Waals surface area (Å²) in [6, 6.07) is 19.7. The minimum Gasteiger partial charge on any atom is -0.436 e. The van der Waals surface area contributed by atoms with Crippen molar-refractivity contribution in [3.05, 3.63) is 88.6 Å². The van der Waals surface area contributed by atoms with Crippen LogP contribution in [0.15, 0.2) is 71.3 Å². The van der Waals surface area contributed by atoms with E-state index in [-0.39, 0.29) is 11.3 Å². The fourth-order valence-corrected chi connectivity index (χ4v) is 4.29. The number of hydroxylamine groups is 1. The number of aromatic nitrogens is 3. The van der Waals surface area contributed by atoms with Crippen molar-refractivity contribution in [3.63, 3.8) is 0 Å². The highest BCUT2D eigenvalue weighted by Crippen LogP contribution is 2.37. The van der Waals surface area contributed by atoms with E-state index in [9.17, 15) is 4.79 Å². The quantitative estimate of drug-likeness (QED) is 0.256. The minimum absolute atomic E-state index is 0.258. The van der Waals surface area contributed by atoms with Gasteiger partial charge in [-0.2, -0.15) is 10.6 Å². The Morgan fingerprint density at radius 1 is 1.08 bits per heavy atom. The predicted molar refractivity (Wildman–Crippen MR) is 140 cm³/mol. The number of nitrogens with zero attached hydrogens (tertiary/aromatic N) is 2. The second-order valence-electron chi connectivity index (χ2n) is 9.24. The molecular weight excluding hydrogens is 476 g/mol. The monoisotopic (exact) mass is 500 g/mol. The van der Waals surface area contributed by atoms with Crippen molar-refractivity contribution in [1.82, 2.24) is 20.7 Å². The summed E-state index contributed by atoms with van der Waals surface area (Å²) in [5, 5.41) is 8.04. The zero-order valence-electron chi connectivity index (χ0n) is 20.3. The summed E-state index contributed by atoms with van der Waals surface area (Å²) in [7, 11) is 0. The molecule has 0 bridgehead atoms. The lowest BCUT2D eigenvalue weighted by Crippen LogP contribution is -2.24. The zero-order chi connectivity index (χ0) is 25.4. The topological polar surface area (TPSA) is 93.0 Å². The van der Waals surface area contributed by atoms with E-state index >= 15 is 0 Å². The lowest BCUT2D eigenvalue weighted by Gasteiger charge is -2.27. The van der Waals surface area contributed by atoms with Crippen molar-refractivity contribution < 1.29 is 14.0 Å². The van der Waals surface area contributed by atoms with Crippen molar-refractivity contribution in [2.45, 2.75) is 33.1 Å². The molecule has 2 aromatic heterocycles. The number of oxazole rings is 1. The Hall–Kier alpha value is -4.10. The molecular formula is C28H25ClN4O3. The SMILES string of the molecule is CC(=O)NOc1ccc(C(C)(C)c2cccc(-c3[nH]ncc3-c3nc4cc(Cl)c(C)cc4o3)c2)cc1. The Labute approximate surface area is 213 Å². The third-order valence-corrected chi connectivity index (χ3v) is 6.71. The highest BCUT2D eigenvalue weighted by atomic mass is 35.5. The first-order valence-electron chi connectivity index (χ1n) is 11.5.